The molecule has 1 atom stereocenters. The van der Waals surface area contributed by atoms with Crippen molar-refractivity contribution in [3.63, 3.8) is 0 Å². The number of rotatable bonds is 3. The monoisotopic (exact) mass is 248 g/mol. The summed E-state index contributed by atoms with van der Waals surface area (Å²) >= 11 is 6.04. The molecular formula is C14H17ClN2. The molecule has 0 bridgehead atoms. The molecule has 1 aliphatic carbocycles. The lowest BCUT2D eigenvalue weighted by Crippen LogP contribution is -2.07. The van der Waals surface area contributed by atoms with E-state index < -0.39 is 0 Å². The van der Waals surface area contributed by atoms with Crippen LogP contribution in [-0.4, -0.2) is 9.55 Å². The summed E-state index contributed by atoms with van der Waals surface area (Å²) in [6.45, 7) is 4.49. The maximum atomic E-state index is 6.04. The smallest absolute Gasteiger partial charge is 0.113 e. The highest BCUT2D eigenvalue weighted by molar-refractivity contribution is 6.31. The van der Waals surface area contributed by atoms with Crippen molar-refractivity contribution in [2.24, 2.45) is 0 Å². The van der Waals surface area contributed by atoms with Gasteiger partial charge in [-0.15, -0.1) is 0 Å². The average Bonchev–Trinajstić information content (AvgIpc) is 3.09. The molecule has 0 amide bonds. The summed E-state index contributed by atoms with van der Waals surface area (Å²) in [5, 5.41) is 0.772. The SMILES string of the molecule is CCC(C)n1c(C2CC2)nc2cc(Cl)ccc21. The molecular weight excluding hydrogens is 232 g/mol. The van der Waals surface area contributed by atoms with Gasteiger partial charge in [0.05, 0.1) is 11.0 Å². The first kappa shape index (κ1) is 11.1. The van der Waals surface area contributed by atoms with Gasteiger partial charge in [-0.1, -0.05) is 18.5 Å². The Morgan fingerprint density at radius 1 is 1.47 bits per heavy atom. The molecule has 1 unspecified atom stereocenters. The van der Waals surface area contributed by atoms with E-state index in [0.29, 0.717) is 12.0 Å². The first-order valence-electron chi connectivity index (χ1n) is 6.38. The van der Waals surface area contributed by atoms with Crippen molar-refractivity contribution < 1.29 is 0 Å². The summed E-state index contributed by atoms with van der Waals surface area (Å²) in [7, 11) is 0. The second kappa shape index (κ2) is 4.02. The zero-order chi connectivity index (χ0) is 12.0. The van der Waals surface area contributed by atoms with Gasteiger partial charge in [-0.05, 0) is 44.4 Å². The van der Waals surface area contributed by atoms with Gasteiger partial charge in [-0.25, -0.2) is 4.98 Å². The van der Waals surface area contributed by atoms with Crippen molar-refractivity contribution in [1.29, 1.82) is 0 Å². The zero-order valence-electron chi connectivity index (χ0n) is 10.3. The molecule has 3 heteroatoms. The van der Waals surface area contributed by atoms with E-state index in [1.807, 2.05) is 12.1 Å². The molecule has 0 radical (unpaired) electrons. The van der Waals surface area contributed by atoms with E-state index in [-0.39, 0.29) is 0 Å². The van der Waals surface area contributed by atoms with Crippen LogP contribution in [0.1, 0.15) is 50.9 Å². The Morgan fingerprint density at radius 3 is 2.88 bits per heavy atom. The highest BCUT2D eigenvalue weighted by atomic mass is 35.5. The molecule has 1 aromatic carbocycles. The topological polar surface area (TPSA) is 17.8 Å². The second-order valence-electron chi connectivity index (χ2n) is 5.00. The molecule has 1 aliphatic rings. The third-order valence-electron chi connectivity index (χ3n) is 3.65. The summed E-state index contributed by atoms with van der Waals surface area (Å²) in [5.41, 5.74) is 2.27. The minimum atomic E-state index is 0.511. The zero-order valence-corrected chi connectivity index (χ0v) is 11.0. The Labute approximate surface area is 107 Å². The molecule has 0 spiro atoms. The van der Waals surface area contributed by atoms with Crippen LogP contribution in [0.4, 0.5) is 0 Å². The van der Waals surface area contributed by atoms with Crippen molar-refractivity contribution in [3.05, 3.63) is 29.0 Å². The first-order chi connectivity index (χ1) is 8.20. The van der Waals surface area contributed by atoms with Crippen LogP contribution in [0.5, 0.6) is 0 Å². The van der Waals surface area contributed by atoms with Crippen LogP contribution in [0, 0.1) is 0 Å². The molecule has 1 fully saturated rings. The number of hydrogen-bond acceptors (Lipinski definition) is 1. The summed E-state index contributed by atoms with van der Waals surface area (Å²) < 4.78 is 2.41. The van der Waals surface area contributed by atoms with Crippen LogP contribution in [0.15, 0.2) is 18.2 Å². The number of hydrogen-bond donors (Lipinski definition) is 0. The highest BCUT2D eigenvalue weighted by Gasteiger charge is 2.30. The lowest BCUT2D eigenvalue weighted by Gasteiger charge is -2.15. The Morgan fingerprint density at radius 2 is 2.24 bits per heavy atom. The Balaban J connectivity index is 2.23. The number of nitrogens with zero attached hydrogens (tertiary/aromatic N) is 2. The Hall–Kier alpha value is -1.02. The predicted octanol–water partition coefficient (Wildman–Crippen LogP) is 4.54. The maximum Gasteiger partial charge on any atom is 0.113 e. The number of halogens is 1. The third-order valence-corrected chi connectivity index (χ3v) is 3.89. The van der Waals surface area contributed by atoms with Crippen molar-refractivity contribution in [1.82, 2.24) is 9.55 Å². The van der Waals surface area contributed by atoms with E-state index in [2.05, 4.69) is 24.5 Å². The van der Waals surface area contributed by atoms with Crippen molar-refractivity contribution in [3.8, 4) is 0 Å². The minimum Gasteiger partial charge on any atom is -0.325 e. The van der Waals surface area contributed by atoms with Crippen LogP contribution in [0.25, 0.3) is 11.0 Å². The summed E-state index contributed by atoms with van der Waals surface area (Å²) in [6.07, 6.45) is 3.70. The number of imidazole rings is 1. The lowest BCUT2D eigenvalue weighted by atomic mass is 10.2. The van der Waals surface area contributed by atoms with Gasteiger partial charge in [0.15, 0.2) is 0 Å². The van der Waals surface area contributed by atoms with Crippen molar-refractivity contribution in [2.75, 3.05) is 0 Å². The van der Waals surface area contributed by atoms with Crippen LogP contribution in [0.3, 0.4) is 0 Å². The number of benzene rings is 1. The molecule has 2 aromatic rings. The molecule has 1 aromatic heterocycles. The van der Waals surface area contributed by atoms with Crippen LogP contribution in [-0.2, 0) is 0 Å². The van der Waals surface area contributed by atoms with Crippen LogP contribution >= 0.6 is 11.6 Å². The van der Waals surface area contributed by atoms with Gasteiger partial charge < -0.3 is 4.57 Å². The Kier molecular flexibility index (Phi) is 2.62. The molecule has 2 nitrogen and oxygen atoms in total. The largest absolute Gasteiger partial charge is 0.325 e. The van der Waals surface area contributed by atoms with E-state index >= 15 is 0 Å². The van der Waals surface area contributed by atoms with Gasteiger partial charge in [0.1, 0.15) is 5.82 Å². The molecule has 0 saturated heterocycles. The second-order valence-corrected chi connectivity index (χ2v) is 5.44. The Bertz CT molecular complexity index is 555. The van der Waals surface area contributed by atoms with Crippen LogP contribution < -0.4 is 0 Å². The molecule has 1 heterocycles. The minimum absolute atomic E-state index is 0.511. The number of aromatic nitrogens is 2. The lowest BCUT2D eigenvalue weighted by molar-refractivity contribution is 0.522. The summed E-state index contributed by atoms with van der Waals surface area (Å²) in [5.74, 6) is 1.94. The molecule has 0 N–H and O–H groups in total. The standard InChI is InChI=1S/C14H17ClN2/c1-3-9(2)17-13-7-6-11(15)8-12(13)16-14(17)10-4-5-10/h6-10H,3-5H2,1-2H3. The van der Waals surface area contributed by atoms with Crippen molar-refractivity contribution in [2.45, 2.75) is 45.1 Å². The molecule has 0 aliphatic heterocycles. The van der Waals surface area contributed by atoms with Crippen LogP contribution in [0.2, 0.25) is 5.02 Å². The van der Waals surface area contributed by atoms with Gasteiger partial charge in [-0.2, -0.15) is 0 Å². The van der Waals surface area contributed by atoms with E-state index in [9.17, 15) is 0 Å². The van der Waals surface area contributed by atoms with E-state index in [0.717, 1.165) is 17.0 Å². The highest BCUT2D eigenvalue weighted by Crippen LogP contribution is 2.42. The summed E-state index contributed by atoms with van der Waals surface area (Å²) in [6, 6.07) is 6.54. The third kappa shape index (κ3) is 1.85. The predicted molar refractivity (Wildman–Crippen MR) is 71.7 cm³/mol. The van der Waals surface area contributed by atoms with Gasteiger partial charge in [0.25, 0.3) is 0 Å². The van der Waals surface area contributed by atoms with Gasteiger partial charge in [0, 0.05) is 17.0 Å². The van der Waals surface area contributed by atoms with Gasteiger partial charge >= 0.3 is 0 Å². The fraction of sp³-hybridized carbons (Fsp3) is 0.500. The molecule has 1 saturated carbocycles. The maximum absolute atomic E-state index is 6.04. The van der Waals surface area contributed by atoms with E-state index in [1.165, 1.54) is 24.2 Å². The fourth-order valence-electron chi connectivity index (χ4n) is 2.37. The van der Waals surface area contributed by atoms with E-state index in [4.69, 9.17) is 16.6 Å². The van der Waals surface area contributed by atoms with Gasteiger partial charge in [0.2, 0.25) is 0 Å². The van der Waals surface area contributed by atoms with E-state index in [1.54, 1.807) is 0 Å². The fourth-order valence-corrected chi connectivity index (χ4v) is 2.53. The van der Waals surface area contributed by atoms with Crippen molar-refractivity contribution >= 4 is 22.6 Å². The quantitative estimate of drug-likeness (QED) is 0.780. The normalized spacial score (nSPS) is 17.6. The number of fused-ring (bicyclic) bond motifs is 1. The first-order valence-corrected chi connectivity index (χ1v) is 6.76. The molecule has 3 rings (SSSR count). The average molecular weight is 249 g/mol. The molecule has 17 heavy (non-hydrogen) atoms. The molecule has 90 valence electrons. The van der Waals surface area contributed by atoms with Gasteiger partial charge in [-0.3, -0.25) is 0 Å². The summed E-state index contributed by atoms with van der Waals surface area (Å²) in [4.78, 5) is 4.78.